The predicted molar refractivity (Wildman–Crippen MR) is 58.5 cm³/mol. The maximum Gasteiger partial charge on any atom is 0.165 e. The fourth-order valence-electron chi connectivity index (χ4n) is 2.11. The van der Waals surface area contributed by atoms with E-state index in [1.54, 1.807) is 0 Å². The van der Waals surface area contributed by atoms with Crippen molar-refractivity contribution < 1.29 is 0 Å². The highest BCUT2D eigenvalue weighted by Crippen LogP contribution is 2.50. The van der Waals surface area contributed by atoms with Crippen LogP contribution < -0.4 is 5.73 Å². The molecular formula is C11H13N5. The summed E-state index contributed by atoms with van der Waals surface area (Å²) >= 11 is 0. The molecule has 1 aliphatic rings. The second-order valence-corrected chi connectivity index (χ2v) is 4.06. The Morgan fingerprint density at radius 3 is 2.88 bits per heavy atom. The Hall–Kier alpha value is -1.75. The van der Waals surface area contributed by atoms with Crippen molar-refractivity contribution in [2.45, 2.75) is 24.9 Å². The van der Waals surface area contributed by atoms with Crippen molar-refractivity contribution >= 4 is 0 Å². The van der Waals surface area contributed by atoms with Gasteiger partial charge in [-0.05, 0) is 22.4 Å². The molecule has 5 nitrogen and oxygen atoms in total. The predicted octanol–water partition coefficient (Wildman–Crippen LogP) is 0.860. The third-order valence-electron chi connectivity index (χ3n) is 3.04. The van der Waals surface area contributed by atoms with Crippen LogP contribution in [0.1, 0.15) is 29.8 Å². The van der Waals surface area contributed by atoms with E-state index in [1.165, 1.54) is 5.56 Å². The molecule has 0 radical (unpaired) electrons. The largest absolute Gasteiger partial charge is 0.324 e. The Morgan fingerprint density at radius 2 is 2.12 bits per heavy atom. The first-order valence-corrected chi connectivity index (χ1v) is 5.42. The molecule has 2 unspecified atom stereocenters. The Labute approximate surface area is 93.3 Å². The summed E-state index contributed by atoms with van der Waals surface area (Å²) in [7, 11) is 0. The molecule has 1 aromatic carbocycles. The number of tetrazole rings is 1. The number of rotatable bonds is 3. The normalized spacial score (nSPS) is 23.3. The van der Waals surface area contributed by atoms with Crippen LogP contribution in [0.2, 0.25) is 0 Å². The van der Waals surface area contributed by atoms with Crippen molar-refractivity contribution in [2.24, 2.45) is 5.73 Å². The van der Waals surface area contributed by atoms with Gasteiger partial charge < -0.3 is 5.73 Å². The number of aromatic nitrogens is 4. The van der Waals surface area contributed by atoms with Gasteiger partial charge in [-0.3, -0.25) is 0 Å². The molecule has 5 heteroatoms. The highest BCUT2D eigenvalue weighted by Gasteiger charge is 2.41. The Kier molecular flexibility index (Phi) is 2.18. The van der Waals surface area contributed by atoms with Crippen LogP contribution in [-0.2, 0) is 6.54 Å². The van der Waals surface area contributed by atoms with Gasteiger partial charge in [0.25, 0.3) is 0 Å². The van der Waals surface area contributed by atoms with Gasteiger partial charge in [0.15, 0.2) is 5.82 Å². The topological polar surface area (TPSA) is 69.6 Å². The van der Waals surface area contributed by atoms with Crippen molar-refractivity contribution in [2.75, 3.05) is 0 Å². The summed E-state index contributed by atoms with van der Waals surface area (Å²) in [6, 6.07) is 10.8. The molecule has 1 aliphatic carbocycles. The molecule has 1 saturated carbocycles. The van der Waals surface area contributed by atoms with Crippen molar-refractivity contribution in [3.8, 4) is 0 Å². The van der Waals surface area contributed by atoms with Gasteiger partial charge in [0.2, 0.25) is 0 Å². The van der Waals surface area contributed by atoms with Gasteiger partial charge in [-0.25, -0.2) is 4.68 Å². The summed E-state index contributed by atoms with van der Waals surface area (Å²) < 4.78 is 1.86. The molecular weight excluding hydrogens is 202 g/mol. The van der Waals surface area contributed by atoms with Crippen LogP contribution in [0, 0.1) is 0 Å². The Morgan fingerprint density at radius 1 is 1.31 bits per heavy atom. The first kappa shape index (κ1) is 9.47. The summed E-state index contributed by atoms with van der Waals surface area (Å²) in [5, 5.41) is 11.6. The minimum atomic E-state index is 0.385. The van der Waals surface area contributed by atoms with E-state index >= 15 is 0 Å². The number of benzene rings is 1. The fourth-order valence-corrected chi connectivity index (χ4v) is 2.11. The van der Waals surface area contributed by atoms with Crippen LogP contribution in [0.4, 0.5) is 0 Å². The minimum absolute atomic E-state index is 0.385. The highest BCUT2D eigenvalue weighted by atomic mass is 15.6. The van der Waals surface area contributed by atoms with Crippen molar-refractivity contribution in [1.29, 1.82) is 0 Å². The van der Waals surface area contributed by atoms with E-state index in [9.17, 15) is 0 Å². The van der Waals surface area contributed by atoms with Crippen LogP contribution in [0.5, 0.6) is 0 Å². The second kappa shape index (κ2) is 3.68. The zero-order chi connectivity index (χ0) is 11.0. The third-order valence-corrected chi connectivity index (χ3v) is 3.04. The van der Waals surface area contributed by atoms with E-state index < -0.39 is 0 Å². The highest BCUT2D eigenvalue weighted by molar-refractivity contribution is 5.26. The van der Waals surface area contributed by atoms with Gasteiger partial charge in [-0.15, -0.1) is 5.10 Å². The number of hydrogen-bond acceptors (Lipinski definition) is 4. The molecule has 1 aromatic heterocycles. The molecule has 82 valence electrons. The lowest BCUT2D eigenvalue weighted by molar-refractivity contribution is 0.571. The third kappa shape index (κ3) is 1.49. The van der Waals surface area contributed by atoms with Crippen LogP contribution in [0.3, 0.4) is 0 Å². The fraction of sp³-hybridized carbons (Fsp3) is 0.364. The SMILES string of the molecule is NCc1nnnn1C1CC1c1ccccc1. The lowest BCUT2D eigenvalue weighted by Crippen LogP contribution is -2.09. The maximum absolute atomic E-state index is 5.58. The molecule has 1 heterocycles. The molecule has 0 bridgehead atoms. The second-order valence-electron chi connectivity index (χ2n) is 4.06. The first-order chi connectivity index (χ1) is 7.90. The van der Waals surface area contributed by atoms with Crippen LogP contribution in [-0.4, -0.2) is 20.2 Å². The van der Waals surface area contributed by atoms with Gasteiger partial charge in [0.1, 0.15) is 0 Å². The zero-order valence-corrected chi connectivity index (χ0v) is 8.82. The Bertz CT molecular complexity index is 478. The smallest absolute Gasteiger partial charge is 0.165 e. The molecule has 2 N–H and O–H groups in total. The van der Waals surface area contributed by atoms with E-state index in [0.29, 0.717) is 18.5 Å². The average molecular weight is 215 g/mol. The Balaban J connectivity index is 1.82. The molecule has 16 heavy (non-hydrogen) atoms. The quantitative estimate of drug-likeness (QED) is 0.824. The summed E-state index contributed by atoms with van der Waals surface area (Å²) in [4.78, 5) is 0. The van der Waals surface area contributed by atoms with Gasteiger partial charge in [-0.1, -0.05) is 30.3 Å². The number of nitrogens with two attached hydrogens (primary N) is 1. The molecule has 0 spiro atoms. The minimum Gasteiger partial charge on any atom is -0.324 e. The molecule has 0 saturated heterocycles. The van der Waals surface area contributed by atoms with E-state index in [0.717, 1.165) is 12.2 Å². The van der Waals surface area contributed by atoms with E-state index in [2.05, 4.69) is 39.8 Å². The lowest BCUT2D eigenvalue weighted by atomic mass is 10.1. The number of hydrogen-bond donors (Lipinski definition) is 1. The standard InChI is InChI=1S/C11H13N5/c12-7-11-13-14-15-16(11)10-6-9(10)8-4-2-1-3-5-8/h1-5,9-10H,6-7,12H2. The first-order valence-electron chi connectivity index (χ1n) is 5.42. The van der Waals surface area contributed by atoms with Gasteiger partial charge in [0, 0.05) is 5.92 Å². The van der Waals surface area contributed by atoms with Crippen LogP contribution >= 0.6 is 0 Å². The van der Waals surface area contributed by atoms with E-state index in [1.807, 2.05) is 10.7 Å². The summed E-state index contributed by atoms with van der Waals surface area (Å²) in [6.07, 6.45) is 1.10. The molecule has 1 fully saturated rings. The van der Waals surface area contributed by atoms with Gasteiger partial charge >= 0.3 is 0 Å². The van der Waals surface area contributed by atoms with Crippen LogP contribution in [0.15, 0.2) is 30.3 Å². The molecule has 3 rings (SSSR count). The monoisotopic (exact) mass is 215 g/mol. The number of nitrogens with zero attached hydrogens (tertiary/aromatic N) is 4. The maximum atomic E-state index is 5.58. The summed E-state index contributed by atoms with van der Waals surface area (Å²) in [6.45, 7) is 0.394. The summed E-state index contributed by atoms with van der Waals surface area (Å²) in [5.41, 5.74) is 6.93. The molecule has 0 amide bonds. The average Bonchev–Trinajstić information content (AvgIpc) is 3.00. The molecule has 0 aliphatic heterocycles. The molecule has 2 aromatic rings. The zero-order valence-electron chi connectivity index (χ0n) is 8.82. The molecule has 2 atom stereocenters. The lowest BCUT2D eigenvalue weighted by Gasteiger charge is -2.02. The van der Waals surface area contributed by atoms with E-state index in [-0.39, 0.29) is 0 Å². The van der Waals surface area contributed by atoms with Crippen molar-refractivity contribution in [3.63, 3.8) is 0 Å². The van der Waals surface area contributed by atoms with Gasteiger partial charge in [0.05, 0.1) is 12.6 Å². The van der Waals surface area contributed by atoms with Crippen molar-refractivity contribution in [3.05, 3.63) is 41.7 Å². The van der Waals surface area contributed by atoms with E-state index in [4.69, 9.17) is 5.73 Å². The van der Waals surface area contributed by atoms with Crippen LogP contribution in [0.25, 0.3) is 0 Å². The van der Waals surface area contributed by atoms with Gasteiger partial charge in [-0.2, -0.15) is 0 Å². The van der Waals surface area contributed by atoms with Crippen molar-refractivity contribution in [1.82, 2.24) is 20.2 Å². The summed E-state index contributed by atoms with van der Waals surface area (Å²) in [5.74, 6) is 1.30.